The number of para-hydroxylation sites is 2. The van der Waals surface area contributed by atoms with Crippen molar-refractivity contribution in [3.05, 3.63) is 58.9 Å². The van der Waals surface area contributed by atoms with E-state index >= 15 is 0 Å². The molecule has 28 heavy (non-hydrogen) atoms. The molecule has 4 rings (SSSR count). The number of hydrogen-bond donors (Lipinski definition) is 0. The van der Waals surface area contributed by atoms with Crippen LogP contribution in [0.5, 0.6) is 5.75 Å². The van der Waals surface area contributed by atoms with Gasteiger partial charge in [-0.2, -0.15) is 4.68 Å². The van der Waals surface area contributed by atoms with Crippen molar-refractivity contribution in [2.24, 2.45) is 0 Å². The summed E-state index contributed by atoms with van der Waals surface area (Å²) in [6, 6.07) is 16.3. The van der Waals surface area contributed by atoms with Gasteiger partial charge in [-0.3, -0.25) is 4.90 Å². The average Bonchev–Trinajstić information content (AvgIpc) is 3.09. The molecule has 2 aromatic carbocycles. The van der Waals surface area contributed by atoms with E-state index in [1.807, 2.05) is 42.5 Å². The van der Waals surface area contributed by atoms with Gasteiger partial charge in [0.1, 0.15) is 5.75 Å². The Kier molecular flexibility index (Phi) is 5.40. The van der Waals surface area contributed by atoms with Gasteiger partial charge in [-0.25, -0.2) is 4.68 Å². The second-order valence-electron chi connectivity index (χ2n) is 6.93. The maximum atomic E-state index is 5.59. The first-order valence-electron chi connectivity index (χ1n) is 9.36. The largest absolute Gasteiger partial charge is 0.495 e. The Morgan fingerprint density at radius 3 is 2.39 bits per heavy atom. The number of nitrogens with zero attached hydrogens (tertiary/aromatic N) is 6. The van der Waals surface area contributed by atoms with Crippen LogP contribution in [-0.4, -0.2) is 58.0 Å². The smallest absolute Gasteiger partial charge is 0.221 e. The van der Waals surface area contributed by atoms with Gasteiger partial charge in [-0.05, 0) is 53.8 Å². The zero-order valence-electron chi connectivity index (χ0n) is 16.2. The summed E-state index contributed by atoms with van der Waals surface area (Å²) in [5, 5.41) is 8.50. The summed E-state index contributed by atoms with van der Waals surface area (Å²) in [5.74, 6) is 0.916. The number of benzene rings is 2. The predicted molar refractivity (Wildman–Crippen MR) is 112 cm³/mol. The zero-order valence-corrected chi connectivity index (χ0v) is 17.0. The number of ether oxygens (including phenoxy) is 1. The first-order valence-corrected chi connectivity index (χ1v) is 9.77. The van der Waals surface area contributed by atoms with Crippen LogP contribution in [0.15, 0.2) is 48.5 Å². The summed E-state index contributed by atoms with van der Waals surface area (Å²) in [5.41, 5.74) is 3.28. The number of methoxy groups -OCH3 is 1. The summed E-state index contributed by atoms with van der Waals surface area (Å²) in [6.07, 6.45) is 0. The van der Waals surface area contributed by atoms with Gasteiger partial charge in [0.25, 0.3) is 0 Å². The fourth-order valence-corrected chi connectivity index (χ4v) is 3.66. The van der Waals surface area contributed by atoms with E-state index in [1.165, 1.54) is 5.56 Å². The second-order valence-corrected chi connectivity index (χ2v) is 7.29. The average molecular weight is 397 g/mol. The van der Waals surface area contributed by atoms with Crippen LogP contribution in [0.25, 0.3) is 5.69 Å². The Balaban J connectivity index is 1.42. The molecule has 0 amide bonds. The van der Waals surface area contributed by atoms with Gasteiger partial charge in [-0.1, -0.05) is 29.8 Å². The highest BCUT2D eigenvalue weighted by molar-refractivity contribution is 7.71. The molecule has 7 nitrogen and oxygen atoms in total. The van der Waals surface area contributed by atoms with Crippen molar-refractivity contribution in [2.75, 3.05) is 38.2 Å². The molecule has 146 valence electrons. The molecule has 2 heterocycles. The van der Waals surface area contributed by atoms with Crippen molar-refractivity contribution in [2.45, 2.75) is 13.6 Å². The molecule has 0 atom stereocenters. The van der Waals surface area contributed by atoms with E-state index in [-0.39, 0.29) is 0 Å². The molecule has 0 saturated carbocycles. The lowest BCUT2D eigenvalue weighted by molar-refractivity contribution is 0.192. The minimum absolute atomic E-state index is 0.607. The van der Waals surface area contributed by atoms with Crippen LogP contribution < -0.4 is 9.64 Å². The molecule has 8 heteroatoms. The molecule has 0 aliphatic carbocycles. The minimum atomic E-state index is 0.607. The van der Waals surface area contributed by atoms with E-state index in [0.717, 1.165) is 43.3 Å². The summed E-state index contributed by atoms with van der Waals surface area (Å²) < 4.78 is 9.60. The van der Waals surface area contributed by atoms with E-state index < -0.39 is 0 Å². The Hall–Kier alpha value is -2.71. The molecule has 1 saturated heterocycles. The number of anilines is 1. The van der Waals surface area contributed by atoms with E-state index in [2.05, 4.69) is 33.2 Å². The van der Waals surface area contributed by atoms with Gasteiger partial charge in [-0.15, -0.1) is 0 Å². The maximum Gasteiger partial charge on any atom is 0.221 e. The normalized spacial score (nSPS) is 15.0. The molecule has 1 aliphatic heterocycles. The molecule has 1 aromatic heterocycles. The van der Waals surface area contributed by atoms with Gasteiger partial charge in [0.05, 0.1) is 25.2 Å². The van der Waals surface area contributed by atoms with Crippen LogP contribution >= 0.6 is 12.2 Å². The SMILES string of the molecule is COc1ccccc1N1CCN(Cn2nnn(-c3ccc(C)cc3)c2=S)CC1. The molecule has 0 spiro atoms. The Morgan fingerprint density at radius 2 is 1.68 bits per heavy atom. The van der Waals surface area contributed by atoms with Crippen molar-refractivity contribution in [1.82, 2.24) is 24.7 Å². The van der Waals surface area contributed by atoms with Crippen molar-refractivity contribution >= 4 is 17.9 Å². The van der Waals surface area contributed by atoms with Crippen LogP contribution in [-0.2, 0) is 6.67 Å². The van der Waals surface area contributed by atoms with Gasteiger partial charge >= 0.3 is 0 Å². The molecular formula is C20H24N6OS. The fourth-order valence-electron chi connectivity index (χ4n) is 3.42. The number of tetrazole rings is 1. The summed E-state index contributed by atoms with van der Waals surface area (Å²) >= 11 is 5.59. The highest BCUT2D eigenvalue weighted by atomic mass is 32.1. The first-order chi connectivity index (χ1) is 13.7. The maximum absolute atomic E-state index is 5.59. The van der Waals surface area contributed by atoms with Crippen LogP contribution in [0.2, 0.25) is 0 Å². The van der Waals surface area contributed by atoms with Crippen molar-refractivity contribution in [1.29, 1.82) is 0 Å². The van der Waals surface area contributed by atoms with Gasteiger partial charge in [0.15, 0.2) is 0 Å². The lowest BCUT2D eigenvalue weighted by Crippen LogP contribution is -2.47. The summed E-state index contributed by atoms with van der Waals surface area (Å²) in [4.78, 5) is 4.70. The minimum Gasteiger partial charge on any atom is -0.495 e. The highest BCUT2D eigenvalue weighted by Crippen LogP contribution is 2.28. The van der Waals surface area contributed by atoms with E-state index in [1.54, 1.807) is 16.5 Å². The lowest BCUT2D eigenvalue weighted by atomic mass is 10.2. The monoisotopic (exact) mass is 396 g/mol. The van der Waals surface area contributed by atoms with Crippen molar-refractivity contribution in [3.63, 3.8) is 0 Å². The van der Waals surface area contributed by atoms with Gasteiger partial charge in [0, 0.05) is 26.2 Å². The van der Waals surface area contributed by atoms with Gasteiger partial charge < -0.3 is 9.64 Å². The third-order valence-corrected chi connectivity index (χ3v) is 5.43. The zero-order chi connectivity index (χ0) is 19.5. The lowest BCUT2D eigenvalue weighted by Gasteiger charge is -2.36. The molecule has 1 aliphatic rings. The first kappa shape index (κ1) is 18.6. The van der Waals surface area contributed by atoms with Crippen molar-refractivity contribution < 1.29 is 4.74 Å². The molecule has 0 bridgehead atoms. The van der Waals surface area contributed by atoms with E-state index in [0.29, 0.717) is 11.4 Å². The Morgan fingerprint density at radius 1 is 0.964 bits per heavy atom. The van der Waals surface area contributed by atoms with E-state index in [9.17, 15) is 0 Å². The quantitative estimate of drug-likeness (QED) is 0.618. The van der Waals surface area contributed by atoms with Crippen LogP contribution in [0.3, 0.4) is 0 Å². The number of aromatic nitrogens is 4. The molecule has 0 unspecified atom stereocenters. The molecule has 0 N–H and O–H groups in total. The molecule has 1 fully saturated rings. The topological polar surface area (TPSA) is 51.4 Å². The van der Waals surface area contributed by atoms with E-state index in [4.69, 9.17) is 17.0 Å². The standard InChI is InChI=1S/C20H24N6OS/c1-16-7-9-17(10-8-16)26-20(28)25(21-22-26)15-23-11-13-24(14-12-23)18-5-3-4-6-19(18)27-2/h3-10H,11-15H2,1-2H3. The number of piperazine rings is 1. The fraction of sp³-hybridized carbons (Fsp3) is 0.350. The predicted octanol–water partition coefficient (Wildman–Crippen LogP) is 2.90. The highest BCUT2D eigenvalue weighted by Gasteiger charge is 2.20. The molecule has 3 aromatic rings. The summed E-state index contributed by atoms with van der Waals surface area (Å²) in [7, 11) is 1.72. The second kappa shape index (κ2) is 8.12. The van der Waals surface area contributed by atoms with Crippen LogP contribution in [0, 0.1) is 11.7 Å². The third kappa shape index (κ3) is 3.79. The number of aryl methyl sites for hydroxylation is 1. The Labute approximate surface area is 169 Å². The van der Waals surface area contributed by atoms with Crippen LogP contribution in [0.4, 0.5) is 5.69 Å². The van der Waals surface area contributed by atoms with Gasteiger partial charge in [0.2, 0.25) is 4.77 Å². The third-order valence-electron chi connectivity index (χ3n) is 5.05. The van der Waals surface area contributed by atoms with Crippen LogP contribution in [0.1, 0.15) is 5.56 Å². The number of rotatable bonds is 5. The summed E-state index contributed by atoms with van der Waals surface area (Å²) in [6.45, 7) is 6.42. The molecular weight excluding hydrogens is 372 g/mol. The Bertz CT molecular complexity index is 988. The number of hydrogen-bond acceptors (Lipinski definition) is 6. The molecule has 0 radical (unpaired) electrons. The van der Waals surface area contributed by atoms with Crippen molar-refractivity contribution in [3.8, 4) is 11.4 Å².